The summed E-state index contributed by atoms with van der Waals surface area (Å²) in [5, 5.41) is 0. The zero-order chi connectivity index (χ0) is 11.5. The van der Waals surface area contributed by atoms with Crippen molar-refractivity contribution in [3.8, 4) is 0 Å². The predicted molar refractivity (Wildman–Crippen MR) is 59.9 cm³/mol. The van der Waals surface area contributed by atoms with Crippen LogP contribution >= 0.6 is 0 Å². The first-order valence-electron chi connectivity index (χ1n) is 5.88. The van der Waals surface area contributed by atoms with Crippen LogP contribution in [0.2, 0.25) is 0 Å². The highest BCUT2D eigenvalue weighted by atomic mass is 19.1. The van der Waals surface area contributed by atoms with Crippen LogP contribution < -0.4 is 5.73 Å². The Kier molecular flexibility index (Phi) is 3.54. The minimum absolute atomic E-state index is 0.231. The van der Waals surface area contributed by atoms with Crippen LogP contribution in [0.5, 0.6) is 0 Å². The third kappa shape index (κ3) is 2.59. The van der Waals surface area contributed by atoms with E-state index in [1.165, 1.54) is 31.4 Å². The van der Waals surface area contributed by atoms with E-state index in [1.54, 1.807) is 0 Å². The number of hydrogen-bond acceptors (Lipinski definition) is 1. The summed E-state index contributed by atoms with van der Waals surface area (Å²) < 4.78 is 26.1. The molecule has 1 unspecified atom stereocenters. The first kappa shape index (κ1) is 11.5. The third-order valence-electron chi connectivity index (χ3n) is 3.43. The van der Waals surface area contributed by atoms with Crippen molar-refractivity contribution in [1.82, 2.24) is 0 Å². The Morgan fingerprint density at radius 2 is 1.56 bits per heavy atom. The molecule has 0 saturated heterocycles. The van der Waals surface area contributed by atoms with E-state index in [9.17, 15) is 8.78 Å². The fourth-order valence-electron chi connectivity index (χ4n) is 2.53. The van der Waals surface area contributed by atoms with Crippen molar-refractivity contribution in [2.24, 2.45) is 11.7 Å². The molecule has 0 aliphatic heterocycles. The van der Waals surface area contributed by atoms with Crippen LogP contribution in [0.4, 0.5) is 8.78 Å². The topological polar surface area (TPSA) is 26.0 Å². The Morgan fingerprint density at radius 3 is 2.12 bits per heavy atom. The lowest BCUT2D eigenvalue weighted by molar-refractivity contribution is 0.307. The van der Waals surface area contributed by atoms with Gasteiger partial charge in [0.15, 0.2) is 0 Å². The predicted octanol–water partition coefficient (Wildman–Crippen LogP) is 3.54. The standard InChI is InChI=1S/C13H17F2N/c14-11-6-10(7-12(15)8-11)13(16)9-4-2-1-3-5-9/h6-9,13H,1-5,16H2. The highest BCUT2D eigenvalue weighted by Crippen LogP contribution is 2.33. The highest BCUT2D eigenvalue weighted by Gasteiger charge is 2.22. The molecule has 0 aromatic heterocycles. The highest BCUT2D eigenvalue weighted by molar-refractivity contribution is 5.21. The van der Waals surface area contributed by atoms with Crippen LogP contribution in [-0.4, -0.2) is 0 Å². The van der Waals surface area contributed by atoms with Crippen LogP contribution in [0.1, 0.15) is 43.7 Å². The van der Waals surface area contributed by atoms with Gasteiger partial charge in [-0.2, -0.15) is 0 Å². The molecular weight excluding hydrogens is 208 g/mol. The van der Waals surface area contributed by atoms with Gasteiger partial charge in [-0.3, -0.25) is 0 Å². The molecule has 0 bridgehead atoms. The number of halogens is 2. The largest absolute Gasteiger partial charge is 0.324 e. The summed E-state index contributed by atoms with van der Waals surface area (Å²) in [6, 6.07) is 3.35. The summed E-state index contributed by atoms with van der Waals surface area (Å²) in [5.41, 5.74) is 6.66. The molecule has 88 valence electrons. The van der Waals surface area contributed by atoms with Gasteiger partial charge in [-0.1, -0.05) is 19.3 Å². The number of hydrogen-bond donors (Lipinski definition) is 1. The molecule has 16 heavy (non-hydrogen) atoms. The molecule has 0 amide bonds. The zero-order valence-corrected chi connectivity index (χ0v) is 9.26. The molecule has 1 aromatic rings. The van der Waals surface area contributed by atoms with Crippen LogP contribution in [-0.2, 0) is 0 Å². The summed E-state index contributed by atoms with van der Waals surface area (Å²) in [6.07, 6.45) is 5.74. The van der Waals surface area contributed by atoms with E-state index in [4.69, 9.17) is 5.73 Å². The fourth-order valence-corrected chi connectivity index (χ4v) is 2.53. The Bertz CT molecular complexity index is 339. The lowest BCUT2D eigenvalue weighted by Gasteiger charge is -2.27. The minimum atomic E-state index is -0.541. The second-order valence-corrected chi connectivity index (χ2v) is 4.63. The zero-order valence-electron chi connectivity index (χ0n) is 9.26. The molecule has 1 aliphatic carbocycles. The molecule has 1 atom stereocenters. The maximum atomic E-state index is 13.1. The van der Waals surface area contributed by atoms with Crippen molar-refractivity contribution < 1.29 is 8.78 Å². The minimum Gasteiger partial charge on any atom is -0.324 e. The van der Waals surface area contributed by atoms with Gasteiger partial charge in [0.1, 0.15) is 11.6 Å². The molecule has 1 aliphatic rings. The van der Waals surface area contributed by atoms with Gasteiger partial charge < -0.3 is 5.73 Å². The average molecular weight is 225 g/mol. The molecule has 0 radical (unpaired) electrons. The fraction of sp³-hybridized carbons (Fsp3) is 0.538. The number of rotatable bonds is 2. The lowest BCUT2D eigenvalue weighted by Crippen LogP contribution is -2.23. The summed E-state index contributed by atoms with van der Waals surface area (Å²) in [4.78, 5) is 0. The van der Waals surface area contributed by atoms with Crippen molar-refractivity contribution in [3.63, 3.8) is 0 Å². The SMILES string of the molecule is NC(c1cc(F)cc(F)c1)C1CCCCC1. The van der Waals surface area contributed by atoms with E-state index < -0.39 is 11.6 Å². The van der Waals surface area contributed by atoms with Gasteiger partial charge in [0.05, 0.1) is 0 Å². The molecule has 0 heterocycles. The van der Waals surface area contributed by atoms with Gasteiger partial charge in [-0.05, 0) is 36.5 Å². The second-order valence-electron chi connectivity index (χ2n) is 4.63. The number of benzene rings is 1. The first-order valence-corrected chi connectivity index (χ1v) is 5.88. The van der Waals surface area contributed by atoms with Crippen molar-refractivity contribution >= 4 is 0 Å². The summed E-state index contributed by atoms with van der Waals surface area (Å²) >= 11 is 0. The Balaban J connectivity index is 2.15. The molecule has 0 spiro atoms. The van der Waals surface area contributed by atoms with Crippen molar-refractivity contribution in [3.05, 3.63) is 35.4 Å². The van der Waals surface area contributed by atoms with Crippen LogP contribution in [0, 0.1) is 17.6 Å². The maximum absolute atomic E-state index is 13.1. The molecule has 3 heteroatoms. The van der Waals surface area contributed by atoms with Gasteiger partial charge in [-0.15, -0.1) is 0 Å². The molecule has 1 saturated carbocycles. The van der Waals surface area contributed by atoms with E-state index in [2.05, 4.69) is 0 Å². The van der Waals surface area contributed by atoms with Gasteiger partial charge in [0.25, 0.3) is 0 Å². The Labute approximate surface area is 94.7 Å². The van der Waals surface area contributed by atoms with E-state index >= 15 is 0 Å². The molecule has 1 nitrogen and oxygen atoms in total. The van der Waals surface area contributed by atoms with E-state index in [1.807, 2.05) is 0 Å². The van der Waals surface area contributed by atoms with Gasteiger partial charge >= 0.3 is 0 Å². The maximum Gasteiger partial charge on any atom is 0.126 e. The van der Waals surface area contributed by atoms with Crippen molar-refractivity contribution in [2.75, 3.05) is 0 Å². The van der Waals surface area contributed by atoms with E-state index in [-0.39, 0.29) is 6.04 Å². The van der Waals surface area contributed by atoms with Crippen LogP contribution in [0.3, 0.4) is 0 Å². The Hall–Kier alpha value is -0.960. The van der Waals surface area contributed by atoms with Gasteiger partial charge in [0, 0.05) is 12.1 Å². The molecule has 1 fully saturated rings. The second kappa shape index (κ2) is 4.91. The quantitative estimate of drug-likeness (QED) is 0.818. The molecule has 2 rings (SSSR count). The van der Waals surface area contributed by atoms with Crippen molar-refractivity contribution in [1.29, 1.82) is 0 Å². The Morgan fingerprint density at radius 1 is 1.00 bits per heavy atom. The monoisotopic (exact) mass is 225 g/mol. The molecular formula is C13H17F2N. The van der Waals surface area contributed by atoms with E-state index in [0.717, 1.165) is 18.9 Å². The third-order valence-corrected chi connectivity index (χ3v) is 3.43. The number of nitrogens with two attached hydrogens (primary N) is 1. The average Bonchev–Trinajstić information content (AvgIpc) is 2.28. The van der Waals surface area contributed by atoms with Gasteiger partial charge in [0.2, 0.25) is 0 Å². The van der Waals surface area contributed by atoms with Gasteiger partial charge in [-0.25, -0.2) is 8.78 Å². The molecule has 2 N–H and O–H groups in total. The van der Waals surface area contributed by atoms with Crippen LogP contribution in [0.25, 0.3) is 0 Å². The first-order chi connectivity index (χ1) is 7.66. The lowest BCUT2D eigenvalue weighted by atomic mass is 9.81. The van der Waals surface area contributed by atoms with E-state index in [0.29, 0.717) is 11.5 Å². The molecule has 1 aromatic carbocycles. The summed E-state index contributed by atoms with van der Waals surface area (Å²) in [6.45, 7) is 0. The van der Waals surface area contributed by atoms with Crippen LogP contribution in [0.15, 0.2) is 18.2 Å². The smallest absolute Gasteiger partial charge is 0.126 e. The summed E-state index contributed by atoms with van der Waals surface area (Å²) in [5.74, 6) is -0.711. The summed E-state index contributed by atoms with van der Waals surface area (Å²) in [7, 11) is 0. The van der Waals surface area contributed by atoms with Crippen molar-refractivity contribution in [2.45, 2.75) is 38.1 Å². The normalized spacial score (nSPS) is 19.7.